The van der Waals surface area contributed by atoms with E-state index < -0.39 is 0 Å². The Labute approximate surface area is 164 Å². The number of para-hydroxylation sites is 2. The predicted octanol–water partition coefficient (Wildman–Crippen LogP) is 3.43. The molecule has 5 rings (SSSR count). The fourth-order valence-electron chi connectivity index (χ4n) is 3.80. The molecule has 3 aliphatic rings. The van der Waals surface area contributed by atoms with Crippen LogP contribution in [-0.4, -0.2) is 54.8 Å². The topological polar surface area (TPSA) is 54.4 Å². The number of piperazine rings is 1. The van der Waals surface area contributed by atoms with Crippen LogP contribution in [0.1, 0.15) is 18.4 Å². The minimum Gasteiger partial charge on any atom is -0.497 e. The lowest BCUT2D eigenvalue weighted by Crippen LogP contribution is -2.51. The van der Waals surface area contributed by atoms with E-state index >= 15 is 0 Å². The van der Waals surface area contributed by atoms with Crippen LogP contribution >= 0.6 is 0 Å². The molecule has 0 spiro atoms. The lowest BCUT2D eigenvalue weighted by Gasteiger charge is -2.36. The van der Waals surface area contributed by atoms with Gasteiger partial charge in [-0.25, -0.2) is 4.99 Å². The summed E-state index contributed by atoms with van der Waals surface area (Å²) in [5.41, 5.74) is 1.75. The molecule has 2 aromatic rings. The highest BCUT2D eigenvalue weighted by molar-refractivity contribution is 6.04. The fraction of sp³-hybridized carbons (Fsp3) is 0.364. The van der Waals surface area contributed by atoms with Crippen LogP contribution in [0.2, 0.25) is 0 Å². The molecule has 1 saturated heterocycles. The molecule has 2 heterocycles. The Morgan fingerprint density at radius 3 is 2.61 bits per heavy atom. The zero-order valence-electron chi connectivity index (χ0n) is 15.9. The van der Waals surface area contributed by atoms with E-state index in [-0.39, 0.29) is 5.92 Å². The van der Waals surface area contributed by atoms with Crippen molar-refractivity contribution >= 4 is 17.4 Å². The van der Waals surface area contributed by atoms with Gasteiger partial charge in [0.25, 0.3) is 0 Å². The van der Waals surface area contributed by atoms with E-state index in [1.807, 2.05) is 47.4 Å². The lowest BCUT2D eigenvalue weighted by atomic mass is 10.1. The van der Waals surface area contributed by atoms with Crippen molar-refractivity contribution < 1.29 is 14.3 Å². The first-order valence-electron chi connectivity index (χ1n) is 9.80. The average molecular weight is 377 g/mol. The summed E-state index contributed by atoms with van der Waals surface area (Å²) in [5.74, 6) is 3.70. The summed E-state index contributed by atoms with van der Waals surface area (Å²) in [4.78, 5) is 21.6. The molecule has 0 atom stereocenters. The maximum Gasteiger partial charge on any atom is 0.225 e. The van der Waals surface area contributed by atoms with Crippen LogP contribution in [0.15, 0.2) is 47.5 Å². The minimum atomic E-state index is 0.273. The van der Waals surface area contributed by atoms with E-state index in [0.717, 1.165) is 73.4 Å². The highest BCUT2D eigenvalue weighted by atomic mass is 16.5. The second-order valence-electron chi connectivity index (χ2n) is 7.45. The van der Waals surface area contributed by atoms with Gasteiger partial charge in [-0.2, -0.15) is 0 Å². The maximum atomic E-state index is 12.4. The number of benzene rings is 2. The number of ether oxygens (including phenoxy) is 2. The number of hydrogen-bond acceptors (Lipinski definition) is 5. The first kappa shape index (κ1) is 17.1. The van der Waals surface area contributed by atoms with Gasteiger partial charge < -0.3 is 19.3 Å². The third kappa shape index (κ3) is 3.09. The van der Waals surface area contributed by atoms with Crippen molar-refractivity contribution in [1.29, 1.82) is 0 Å². The highest BCUT2D eigenvalue weighted by Crippen LogP contribution is 2.39. The number of nitrogens with zero attached hydrogens (tertiary/aromatic N) is 3. The van der Waals surface area contributed by atoms with Crippen LogP contribution < -0.4 is 9.47 Å². The average Bonchev–Trinajstić information content (AvgIpc) is 3.59. The maximum absolute atomic E-state index is 12.4. The first-order valence-corrected chi connectivity index (χ1v) is 9.80. The largest absolute Gasteiger partial charge is 0.497 e. The molecule has 0 unspecified atom stereocenters. The Hall–Kier alpha value is -3.02. The van der Waals surface area contributed by atoms with Gasteiger partial charge in [0.2, 0.25) is 5.91 Å². The number of hydrogen-bond donors (Lipinski definition) is 0. The second kappa shape index (κ2) is 6.86. The summed E-state index contributed by atoms with van der Waals surface area (Å²) in [6.07, 6.45) is 2.10. The molecule has 1 amide bonds. The zero-order valence-corrected chi connectivity index (χ0v) is 15.9. The molecule has 0 aromatic heterocycles. The van der Waals surface area contributed by atoms with Crippen LogP contribution in [0.5, 0.6) is 17.2 Å². The fourth-order valence-corrected chi connectivity index (χ4v) is 3.80. The Morgan fingerprint density at radius 1 is 1.07 bits per heavy atom. The van der Waals surface area contributed by atoms with Crippen molar-refractivity contribution in [1.82, 2.24) is 9.80 Å². The van der Waals surface area contributed by atoms with Crippen LogP contribution in [0.4, 0.5) is 5.69 Å². The molecular weight excluding hydrogens is 354 g/mol. The van der Waals surface area contributed by atoms with Crippen molar-refractivity contribution in [2.45, 2.75) is 12.8 Å². The molecule has 0 radical (unpaired) electrons. The molecular formula is C22H23N3O3. The smallest absolute Gasteiger partial charge is 0.225 e. The van der Waals surface area contributed by atoms with Crippen molar-refractivity contribution in [3.8, 4) is 17.2 Å². The van der Waals surface area contributed by atoms with Crippen molar-refractivity contribution in [3.05, 3.63) is 48.0 Å². The molecule has 6 heteroatoms. The van der Waals surface area contributed by atoms with Gasteiger partial charge in [0.1, 0.15) is 23.0 Å². The van der Waals surface area contributed by atoms with E-state index in [1.54, 1.807) is 7.11 Å². The van der Waals surface area contributed by atoms with Gasteiger partial charge in [-0.05, 0) is 37.1 Å². The van der Waals surface area contributed by atoms with Crippen molar-refractivity contribution in [3.63, 3.8) is 0 Å². The van der Waals surface area contributed by atoms with Gasteiger partial charge >= 0.3 is 0 Å². The third-order valence-electron chi connectivity index (χ3n) is 5.56. The number of aliphatic imine (C=N–C) groups is 1. The molecule has 0 N–H and O–H groups in total. The number of methoxy groups -OCH3 is 1. The molecule has 1 saturated carbocycles. The number of amides is 1. The molecule has 2 aliphatic heterocycles. The summed E-state index contributed by atoms with van der Waals surface area (Å²) in [7, 11) is 1.65. The van der Waals surface area contributed by atoms with Crippen LogP contribution in [-0.2, 0) is 4.79 Å². The molecule has 1 aliphatic carbocycles. The van der Waals surface area contributed by atoms with E-state index in [1.165, 1.54) is 0 Å². The summed E-state index contributed by atoms with van der Waals surface area (Å²) in [6.45, 7) is 3.01. The Kier molecular flexibility index (Phi) is 4.19. The number of carbonyl (C=O) groups is 1. The normalized spacial score (nSPS) is 18.4. The molecule has 28 heavy (non-hydrogen) atoms. The number of carbonyl (C=O) groups excluding carboxylic acids is 1. The molecule has 2 fully saturated rings. The number of amidine groups is 1. The Balaban J connectivity index is 1.47. The van der Waals surface area contributed by atoms with Gasteiger partial charge in [-0.15, -0.1) is 0 Å². The standard InChI is InChI=1S/C22H23N3O3/c1-27-16-8-9-17-20(14-16)28-19-5-3-2-4-18(19)23-21(17)24-10-12-25(13-11-24)22(26)15-6-7-15/h2-5,8-9,14-15H,6-7,10-13H2,1H3. The number of rotatable bonds is 2. The van der Waals surface area contributed by atoms with Crippen LogP contribution in [0.3, 0.4) is 0 Å². The molecule has 6 nitrogen and oxygen atoms in total. The van der Waals surface area contributed by atoms with Gasteiger partial charge in [-0.3, -0.25) is 4.79 Å². The van der Waals surface area contributed by atoms with Gasteiger partial charge in [0, 0.05) is 38.2 Å². The highest BCUT2D eigenvalue weighted by Gasteiger charge is 2.35. The van der Waals surface area contributed by atoms with Gasteiger partial charge in [-0.1, -0.05) is 12.1 Å². The van der Waals surface area contributed by atoms with Crippen LogP contribution in [0.25, 0.3) is 0 Å². The Bertz CT molecular complexity index is 944. The predicted molar refractivity (Wildman–Crippen MR) is 107 cm³/mol. The van der Waals surface area contributed by atoms with Crippen LogP contribution in [0, 0.1) is 5.92 Å². The monoisotopic (exact) mass is 377 g/mol. The molecule has 0 bridgehead atoms. The second-order valence-corrected chi connectivity index (χ2v) is 7.45. The van der Waals surface area contributed by atoms with E-state index in [9.17, 15) is 4.79 Å². The van der Waals surface area contributed by atoms with E-state index in [0.29, 0.717) is 5.91 Å². The summed E-state index contributed by atoms with van der Waals surface area (Å²) < 4.78 is 11.6. The lowest BCUT2D eigenvalue weighted by molar-refractivity contribution is -0.133. The molecule has 144 valence electrons. The van der Waals surface area contributed by atoms with Gasteiger partial charge in [0.15, 0.2) is 5.75 Å². The van der Waals surface area contributed by atoms with Gasteiger partial charge in [0.05, 0.1) is 12.7 Å². The summed E-state index contributed by atoms with van der Waals surface area (Å²) in [6, 6.07) is 13.6. The summed E-state index contributed by atoms with van der Waals surface area (Å²) in [5, 5.41) is 0. The van der Waals surface area contributed by atoms with Crippen molar-refractivity contribution in [2.75, 3.05) is 33.3 Å². The van der Waals surface area contributed by atoms with Crippen molar-refractivity contribution in [2.24, 2.45) is 10.9 Å². The first-order chi connectivity index (χ1) is 13.7. The Morgan fingerprint density at radius 2 is 1.86 bits per heavy atom. The summed E-state index contributed by atoms with van der Waals surface area (Å²) >= 11 is 0. The zero-order chi connectivity index (χ0) is 19.1. The minimum absolute atomic E-state index is 0.273. The number of fused-ring (bicyclic) bond motifs is 2. The quantitative estimate of drug-likeness (QED) is 0.805. The SMILES string of the molecule is COc1ccc2c(c1)Oc1ccccc1N=C2N1CCN(C(=O)C2CC2)CC1. The molecule has 2 aromatic carbocycles. The van der Waals surface area contributed by atoms with E-state index in [2.05, 4.69) is 4.90 Å². The third-order valence-corrected chi connectivity index (χ3v) is 5.56. The van der Waals surface area contributed by atoms with E-state index in [4.69, 9.17) is 14.5 Å².